The van der Waals surface area contributed by atoms with Crippen LogP contribution in [0.4, 0.5) is 0 Å². The van der Waals surface area contributed by atoms with Gasteiger partial charge in [0.15, 0.2) is 0 Å². The maximum Gasteiger partial charge on any atom is 0.0119 e. The molecule has 2 aliphatic carbocycles. The van der Waals surface area contributed by atoms with Crippen molar-refractivity contribution in [3.8, 4) is 0 Å². The fourth-order valence-corrected chi connectivity index (χ4v) is 2.10. The molecule has 8 heteroatoms. The van der Waals surface area contributed by atoms with Crippen LogP contribution in [0.2, 0.25) is 0 Å². The van der Waals surface area contributed by atoms with E-state index >= 15 is 0 Å². The molecule has 0 saturated heterocycles. The van der Waals surface area contributed by atoms with Crippen LogP contribution in [0.15, 0.2) is 0 Å². The fourth-order valence-electron chi connectivity index (χ4n) is 2.10. The molecule has 0 aliphatic heterocycles. The lowest BCUT2D eigenvalue weighted by Gasteiger charge is -2.37. The van der Waals surface area contributed by atoms with Crippen LogP contribution in [0, 0.1) is 0 Å². The molecule has 2 fully saturated rings. The van der Waals surface area contributed by atoms with Gasteiger partial charge in [-0.1, -0.05) is 0 Å². The predicted octanol–water partition coefficient (Wildman–Crippen LogP) is 1.76. The van der Waals surface area contributed by atoms with Gasteiger partial charge in [0.2, 0.25) is 0 Å². The molecule has 20 heavy (non-hydrogen) atoms. The Bertz CT molecular complexity index is 186. The van der Waals surface area contributed by atoms with Crippen LogP contribution in [-0.2, 0) is 0 Å². The summed E-state index contributed by atoms with van der Waals surface area (Å²) >= 11 is 0. The van der Waals surface area contributed by atoms with Crippen molar-refractivity contribution in [1.82, 2.24) is 9.80 Å². The first-order valence-corrected chi connectivity index (χ1v) is 6.24. The molecule has 2 aliphatic rings. The molecule has 0 bridgehead atoms. The van der Waals surface area contributed by atoms with E-state index in [4.69, 9.17) is 11.5 Å². The Hall–Kier alpha value is 1.00. The van der Waals surface area contributed by atoms with Crippen molar-refractivity contribution >= 4 is 49.6 Å². The second-order valence-electron chi connectivity index (χ2n) is 5.70. The van der Waals surface area contributed by atoms with E-state index < -0.39 is 0 Å². The second kappa shape index (κ2) is 13.6. The Morgan fingerprint density at radius 1 is 0.600 bits per heavy atom. The van der Waals surface area contributed by atoms with Crippen molar-refractivity contribution in [2.75, 3.05) is 28.2 Å². The van der Waals surface area contributed by atoms with Crippen LogP contribution in [-0.4, -0.2) is 62.2 Å². The van der Waals surface area contributed by atoms with Gasteiger partial charge in [-0.3, -0.25) is 0 Å². The van der Waals surface area contributed by atoms with E-state index in [2.05, 4.69) is 38.0 Å². The van der Waals surface area contributed by atoms with E-state index in [9.17, 15) is 0 Å². The summed E-state index contributed by atoms with van der Waals surface area (Å²) in [6, 6.07) is 2.51. The fraction of sp³-hybridized carbons (Fsp3) is 1.00. The molecule has 0 heterocycles. The van der Waals surface area contributed by atoms with E-state index in [0.29, 0.717) is 12.1 Å². The van der Waals surface area contributed by atoms with Crippen molar-refractivity contribution in [2.45, 2.75) is 49.9 Å². The monoisotopic (exact) mass is 372 g/mol. The Morgan fingerprint density at radius 2 is 0.800 bits per heavy atom. The zero-order valence-electron chi connectivity index (χ0n) is 12.8. The normalized spacial score (nSPS) is 30.0. The molecule has 0 unspecified atom stereocenters. The summed E-state index contributed by atoms with van der Waals surface area (Å²) in [7, 11) is 8.43. The number of hydrogen-bond donors (Lipinski definition) is 2. The summed E-state index contributed by atoms with van der Waals surface area (Å²) in [5.41, 5.74) is 11.2. The Kier molecular flexibility index (Phi) is 19.8. The average molecular weight is 374 g/mol. The molecule has 0 atom stereocenters. The molecular formula is C12H32Cl4N4. The molecule has 0 aromatic heterocycles. The van der Waals surface area contributed by atoms with Crippen LogP contribution in [0.5, 0.6) is 0 Å². The van der Waals surface area contributed by atoms with Crippen molar-refractivity contribution in [2.24, 2.45) is 11.5 Å². The zero-order chi connectivity index (χ0) is 12.3. The van der Waals surface area contributed by atoms with Gasteiger partial charge in [0.1, 0.15) is 0 Å². The summed E-state index contributed by atoms with van der Waals surface area (Å²) in [6.45, 7) is 0. The molecule has 4 N–H and O–H groups in total. The van der Waals surface area contributed by atoms with Crippen molar-refractivity contribution in [3.05, 3.63) is 0 Å². The number of nitrogens with zero attached hydrogens (tertiary/aromatic N) is 2. The Labute approximate surface area is 149 Å². The molecular weight excluding hydrogens is 342 g/mol. The van der Waals surface area contributed by atoms with E-state index in [1.165, 1.54) is 25.7 Å². The van der Waals surface area contributed by atoms with E-state index in [-0.39, 0.29) is 49.6 Å². The summed E-state index contributed by atoms with van der Waals surface area (Å²) < 4.78 is 0. The van der Waals surface area contributed by atoms with Gasteiger partial charge in [-0.15, -0.1) is 49.6 Å². The van der Waals surface area contributed by atoms with Gasteiger partial charge in [-0.05, 0) is 53.9 Å². The summed E-state index contributed by atoms with van der Waals surface area (Å²) in [5, 5.41) is 0. The molecule has 2 saturated carbocycles. The SMILES string of the molecule is CN(C)C1CC(N)C1.CN(C)C1CC(N)C1.Cl.Cl.Cl.Cl. The van der Waals surface area contributed by atoms with Crippen LogP contribution in [0.3, 0.4) is 0 Å². The molecule has 4 nitrogen and oxygen atoms in total. The molecule has 0 aromatic carbocycles. The highest BCUT2D eigenvalue weighted by atomic mass is 35.5. The predicted molar refractivity (Wildman–Crippen MR) is 98.4 cm³/mol. The van der Waals surface area contributed by atoms with E-state index in [1.807, 2.05) is 0 Å². The van der Waals surface area contributed by atoms with Gasteiger partial charge in [-0.2, -0.15) is 0 Å². The highest BCUT2D eigenvalue weighted by Gasteiger charge is 2.27. The lowest BCUT2D eigenvalue weighted by Crippen LogP contribution is -2.47. The highest BCUT2D eigenvalue weighted by molar-refractivity contribution is 5.86. The van der Waals surface area contributed by atoms with E-state index in [0.717, 1.165) is 12.1 Å². The second-order valence-corrected chi connectivity index (χ2v) is 5.70. The minimum absolute atomic E-state index is 0. The quantitative estimate of drug-likeness (QED) is 0.774. The first kappa shape index (κ1) is 29.1. The van der Waals surface area contributed by atoms with Gasteiger partial charge < -0.3 is 21.3 Å². The maximum atomic E-state index is 5.58. The van der Waals surface area contributed by atoms with Gasteiger partial charge in [0.25, 0.3) is 0 Å². The summed E-state index contributed by atoms with van der Waals surface area (Å²) in [5.74, 6) is 0. The third-order valence-corrected chi connectivity index (χ3v) is 3.76. The molecule has 0 aromatic rings. The molecule has 128 valence electrons. The van der Waals surface area contributed by atoms with Crippen LogP contribution in [0.1, 0.15) is 25.7 Å². The number of nitrogens with two attached hydrogens (primary N) is 2. The third-order valence-electron chi connectivity index (χ3n) is 3.76. The maximum absolute atomic E-state index is 5.58. The zero-order valence-corrected chi connectivity index (χ0v) is 16.1. The van der Waals surface area contributed by atoms with Crippen molar-refractivity contribution in [3.63, 3.8) is 0 Å². The highest BCUT2D eigenvalue weighted by Crippen LogP contribution is 2.21. The smallest absolute Gasteiger partial charge is 0.0119 e. The first-order chi connectivity index (χ1) is 7.40. The topological polar surface area (TPSA) is 58.5 Å². The lowest BCUT2D eigenvalue weighted by atomic mass is 9.87. The van der Waals surface area contributed by atoms with Crippen LogP contribution < -0.4 is 11.5 Å². The standard InChI is InChI=1S/2C6H14N2.4ClH/c2*1-8(2)6-3-5(7)4-6;;;;/h2*5-6H,3-4,7H2,1-2H3;4*1H. The van der Waals surface area contributed by atoms with E-state index in [1.54, 1.807) is 0 Å². The van der Waals surface area contributed by atoms with Gasteiger partial charge in [0.05, 0.1) is 0 Å². The average Bonchev–Trinajstić information content (AvgIpc) is 2.08. The van der Waals surface area contributed by atoms with Crippen LogP contribution >= 0.6 is 49.6 Å². The minimum Gasteiger partial charge on any atom is -0.328 e. The number of halogens is 4. The van der Waals surface area contributed by atoms with Crippen molar-refractivity contribution in [1.29, 1.82) is 0 Å². The van der Waals surface area contributed by atoms with Gasteiger partial charge >= 0.3 is 0 Å². The molecule has 2 rings (SSSR count). The third kappa shape index (κ3) is 9.85. The number of hydrogen-bond acceptors (Lipinski definition) is 4. The Morgan fingerprint density at radius 3 is 0.850 bits per heavy atom. The molecule has 0 spiro atoms. The minimum atomic E-state index is 0. The Balaban J connectivity index is -0.000000107. The summed E-state index contributed by atoms with van der Waals surface area (Å²) in [4.78, 5) is 4.48. The van der Waals surface area contributed by atoms with Gasteiger partial charge in [-0.25, -0.2) is 0 Å². The van der Waals surface area contributed by atoms with Gasteiger partial charge in [0, 0.05) is 24.2 Å². The first-order valence-electron chi connectivity index (χ1n) is 6.24. The number of rotatable bonds is 2. The van der Waals surface area contributed by atoms with Crippen molar-refractivity contribution < 1.29 is 0 Å². The lowest BCUT2D eigenvalue weighted by molar-refractivity contribution is 0.168. The largest absolute Gasteiger partial charge is 0.328 e. The summed E-state index contributed by atoms with van der Waals surface area (Å²) in [6.07, 6.45) is 4.75. The van der Waals surface area contributed by atoms with Crippen LogP contribution in [0.25, 0.3) is 0 Å². The molecule has 0 amide bonds. The molecule has 0 radical (unpaired) electrons.